The molecule has 0 bridgehead atoms. The van der Waals surface area contributed by atoms with Crippen molar-refractivity contribution in [2.45, 2.75) is 41.0 Å². The summed E-state index contributed by atoms with van der Waals surface area (Å²) < 4.78 is 8.99. The van der Waals surface area contributed by atoms with Crippen molar-refractivity contribution in [1.29, 1.82) is 0 Å². The maximum Gasteiger partial charge on any atom is 0.228 e. The molecule has 0 spiro atoms. The molecule has 4 aromatic carbocycles. The average molecular weight is 433 g/mol. The number of pyridine rings is 1. The number of benzene rings is 4. The van der Waals surface area contributed by atoms with E-state index in [1.165, 1.54) is 60.3 Å². The van der Waals surface area contributed by atoms with Crippen LogP contribution in [-0.4, -0.2) is 0 Å². The number of fused-ring (bicyclic) bond motifs is 5. The van der Waals surface area contributed by atoms with Gasteiger partial charge in [-0.2, -0.15) is 0 Å². The number of hydrogen-bond acceptors (Lipinski definition) is 1. The van der Waals surface area contributed by atoms with Crippen molar-refractivity contribution in [2.75, 3.05) is 0 Å². The van der Waals surface area contributed by atoms with Crippen LogP contribution in [0.1, 0.15) is 37.5 Å². The van der Waals surface area contributed by atoms with Gasteiger partial charge in [0, 0.05) is 17.0 Å². The number of ether oxygens (including phenoxy) is 1. The van der Waals surface area contributed by atoms with Gasteiger partial charge in [0.1, 0.15) is 18.5 Å². The van der Waals surface area contributed by atoms with E-state index in [2.05, 4.69) is 107 Å². The Hall–Kier alpha value is -3.39. The zero-order valence-electron chi connectivity index (χ0n) is 20.3. The monoisotopic (exact) mass is 432 g/mol. The minimum atomic E-state index is 0.254. The maximum atomic E-state index is 6.73. The fraction of sp³-hybridized carbons (Fsp3) is 0.258. The van der Waals surface area contributed by atoms with Gasteiger partial charge in [0.05, 0.1) is 10.9 Å². The zero-order chi connectivity index (χ0) is 23.1. The molecule has 0 aliphatic carbocycles. The zero-order valence-corrected chi connectivity index (χ0v) is 20.3. The molecule has 33 heavy (non-hydrogen) atoms. The van der Waals surface area contributed by atoms with E-state index in [1.807, 2.05) is 0 Å². The number of hydrogen-bond donors (Lipinski definition) is 0. The average Bonchev–Trinajstić information content (AvgIpc) is 2.78. The molecule has 164 valence electrons. The van der Waals surface area contributed by atoms with Gasteiger partial charge in [0.25, 0.3) is 0 Å². The molecule has 1 aromatic heterocycles. The molecule has 2 nitrogen and oxygen atoms in total. The Bertz CT molecular complexity index is 1620. The third kappa shape index (κ3) is 2.97. The Morgan fingerprint density at radius 1 is 0.818 bits per heavy atom. The summed E-state index contributed by atoms with van der Waals surface area (Å²) in [6.07, 6.45) is 3.26. The van der Waals surface area contributed by atoms with E-state index < -0.39 is 0 Å². The molecule has 0 fully saturated rings. The number of aryl methyl sites for hydroxylation is 3. The van der Waals surface area contributed by atoms with Gasteiger partial charge in [-0.05, 0) is 64.4 Å². The van der Waals surface area contributed by atoms with Gasteiger partial charge >= 0.3 is 0 Å². The van der Waals surface area contributed by atoms with Gasteiger partial charge in [0.2, 0.25) is 5.69 Å². The van der Waals surface area contributed by atoms with Gasteiger partial charge in [-0.1, -0.05) is 63.2 Å². The third-order valence-corrected chi connectivity index (χ3v) is 7.13. The van der Waals surface area contributed by atoms with Crippen LogP contribution in [0.2, 0.25) is 0 Å². The molecule has 1 aliphatic rings. The first kappa shape index (κ1) is 20.2. The van der Waals surface area contributed by atoms with E-state index in [-0.39, 0.29) is 5.41 Å². The first-order chi connectivity index (χ1) is 15.7. The van der Waals surface area contributed by atoms with E-state index in [1.54, 1.807) is 0 Å². The summed E-state index contributed by atoms with van der Waals surface area (Å²) in [4.78, 5) is 0. The summed E-state index contributed by atoms with van der Waals surface area (Å²) in [5, 5.41) is 7.58. The van der Waals surface area contributed by atoms with Crippen molar-refractivity contribution in [3.05, 3.63) is 77.5 Å². The third-order valence-electron chi connectivity index (χ3n) is 7.13. The highest BCUT2D eigenvalue weighted by Gasteiger charge is 2.32. The van der Waals surface area contributed by atoms with Crippen molar-refractivity contribution < 1.29 is 9.30 Å². The van der Waals surface area contributed by atoms with Crippen molar-refractivity contribution in [3.8, 4) is 22.8 Å². The van der Waals surface area contributed by atoms with Crippen LogP contribution < -0.4 is 9.30 Å². The normalized spacial score (nSPS) is 12.9. The first-order valence-electron chi connectivity index (χ1n) is 11.8. The molecule has 2 heterocycles. The second-order valence-electron chi connectivity index (χ2n) is 10.8. The number of aromatic nitrogens is 1. The fourth-order valence-corrected chi connectivity index (χ4v) is 5.68. The van der Waals surface area contributed by atoms with Gasteiger partial charge in [0.15, 0.2) is 6.20 Å². The predicted octanol–water partition coefficient (Wildman–Crippen LogP) is 7.95. The molecule has 2 heteroatoms. The Morgan fingerprint density at radius 3 is 2.27 bits per heavy atom. The lowest BCUT2D eigenvalue weighted by Crippen LogP contribution is -2.32. The highest BCUT2D eigenvalue weighted by molar-refractivity contribution is 6.16. The SMILES string of the molecule is Cc1c2c(c(C)c3ccccc13)-c1c3c(cc4ccc(CC(C)(C)C)cc4c3cc[n+]1C)O2. The second kappa shape index (κ2) is 6.81. The van der Waals surface area contributed by atoms with Crippen LogP contribution in [-0.2, 0) is 13.5 Å². The quantitative estimate of drug-likeness (QED) is 0.190. The fourth-order valence-electron chi connectivity index (χ4n) is 5.68. The molecule has 6 rings (SSSR count). The van der Waals surface area contributed by atoms with Gasteiger partial charge in [-0.15, -0.1) is 0 Å². The summed E-state index contributed by atoms with van der Waals surface area (Å²) in [6.45, 7) is 11.3. The summed E-state index contributed by atoms with van der Waals surface area (Å²) >= 11 is 0. The Kier molecular flexibility index (Phi) is 4.17. The van der Waals surface area contributed by atoms with E-state index in [4.69, 9.17) is 4.74 Å². The molecule has 0 N–H and O–H groups in total. The lowest BCUT2D eigenvalue weighted by Gasteiger charge is -2.25. The summed E-state index contributed by atoms with van der Waals surface area (Å²) in [5.41, 5.74) is 6.59. The molecule has 0 saturated carbocycles. The largest absolute Gasteiger partial charge is 0.455 e. The molecule has 0 atom stereocenters. The van der Waals surface area contributed by atoms with Crippen LogP contribution in [0.3, 0.4) is 0 Å². The highest BCUT2D eigenvalue weighted by atomic mass is 16.5. The molecular weight excluding hydrogens is 402 g/mol. The van der Waals surface area contributed by atoms with Crippen LogP contribution >= 0.6 is 0 Å². The Balaban J connectivity index is 1.73. The molecule has 0 saturated heterocycles. The Morgan fingerprint density at radius 2 is 1.55 bits per heavy atom. The van der Waals surface area contributed by atoms with Crippen molar-refractivity contribution in [1.82, 2.24) is 0 Å². The first-order valence-corrected chi connectivity index (χ1v) is 11.8. The van der Waals surface area contributed by atoms with Crippen molar-refractivity contribution in [3.63, 3.8) is 0 Å². The molecule has 5 aromatic rings. The molecular formula is C31H30NO+. The van der Waals surface area contributed by atoms with E-state index >= 15 is 0 Å². The predicted molar refractivity (Wildman–Crippen MR) is 138 cm³/mol. The highest BCUT2D eigenvalue weighted by Crippen LogP contribution is 2.51. The summed E-state index contributed by atoms with van der Waals surface area (Å²) in [6, 6.07) is 20.1. The van der Waals surface area contributed by atoms with Gasteiger partial charge < -0.3 is 4.74 Å². The van der Waals surface area contributed by atoms with Crippen molar-refractivity contribution in [2.24, 2.45) is 12.5 Å². The minimum Gasteiger partial charge on any atom is -0.455 e. The van der Waals surface area contributed by atoms with E-state index in [0.717, 1.165) is 17.9 Å². The minimum absolute atomic E-state index is 0.254. The van der Waals surface area contributed by atoms with Crippen LogP contribution in [0.15, 0.2) is 60.8 Å². The second-order valence-corrected chi connectivity index (χ2v) is 10.8. The van der Waals surface area contributed by atoms with Gasteiger partial charge in [-0.25, -0.2) is 4.57 Å². The van der Waals surface area contributed by atoms with Crippen LogP contribution in [0.4, 0.5) is 0 Å². The summed E-state index contributed by atoms with van der Waals surface area (Å²) in [5.74, 6) is 1.95. The van der Waals surface area contributed by atoms with E-state index in [0.29, 0.717) is 0 Å². The lowest BCUT2D eigenvalue weighted by molar-refractivity contribution is -0.659. The number of nitrogens with zero attached hydrogens (tertiary/aromatic N) is 1. The van der Waals surface area contributed by atoms with Crippen LogP contribution in [0.25, 0.3) is 43.6 Å². The lowest BCUT2D eigenvalue weighted by atomic mass is 9.86. The molecule has 0 radical (unpaired) electrons. The Labute approximate surface area is 195 Å². The molecule has 0 amide bonds. The maximum absolute atomic E-state index is 6.73. The molecule has 0 unspecified atom stereocenters. The smallest absolute Gasteiger partial charge is 0.228 e. The number of rotatable bonds is 1. The standard InChI is InChI=1S/C31H30NO/c1-18-22-9-7-8-10-23(22)19(2)30-27(18)29-28-24(13-14-32(29)6)25-15-20(17-31(3,4)5)11-12-21(25)16-26(28)33-30/h7-16H,17H2,1-6H3/q+1. The van der Waals surface area contributed by atoms with Crippen LogP contribution in [0, 0.1) is 19.3 Å². The molecule has 1 aliphatic heterocycles. The van der Waals surface area contributed by atoms with Crippen molar-refractivity contribution >= 4 is 32.3 Å². The van der Waals surface area contributed by atoms with Gasteiger partial charge in [-0.3, -0.25) is 0 Å². The topological polar surface area (TPSA) is 13.1 Å². The van der Waals surface area contributed by atoms with Crippen LogP contribution in [0.5, 0.6) is 11.5 Å². The van der Waals surface area contributed by atoms with E-state index in [9.17, 15) is 0 Å². The summed E-state index contributed by atoms with van der Waals surface area (Å²) in [7, 11) is 2.15.